The van der Waals surface area contributed by atoms with Crippen LogP contribution < -0.4 is 4.31 Å². The Hall–Kier alpha value is -2.14. The van der Waals surface area contributed by atoms with Crippen LogP contribution in [0.15, 0.2) is 53.4 Å². The standard InChI is InChI=1S/C17H17NO3S/c1-12-10-15-6-3-4-9-17(15)18(12)22(20,21)16-8-5-7-14(11-16)13(2)19/h3-9,11-12H,10H2,1-2H3/t12-/m1/s1. The number of carbonyl (C=O) groups excluding carboxylic acids is 1. The van der Waals surface area contributed by atoms with Gasteiger partial charge in [-0.15, -0.1) is 0 Å². The van der Waals surface area contributed by atoms with E-state index in [-0.39, 0.29) is 16.7 Å². The number of rotatable bonds is 3. The lowest BCUT2D eigenvalue weighted by Crippen LogP contribution is -2.35. The van der Waals surface area contributed by atoms with Crippen LogP contribution in [-0.4, -0.2) is 20.2 Å². The molecule has 0 unspecified atom stereocenters. The quantitative estimate of drug-likeness (QED) is 0.818. The summed E-state index contributed by atoms with van der Waals surface area (Å²) in [5.74, 6) is -0.146. The number of fused-ring (bicyclic) bond motifs is 1. The van der Waals surface area contributed by atoms with Crippen LogP contribution in [0, 0.1) is 0 Å². The molecule has 2 aromatic rings. The van der Waals surface area contributed by atoms with E-state index in [9.17, 15) is 13.2 Å². The van der Waals surface area contributed by atoms with Gasteiger partial charge in [0.1, 0.15) is 0 Å². The normalized spacial score (nSPS) is 17.4. The fourth-order valence-corrected chi connectivity index (χ4v) is 4.63. The molecule has 1 aliphatic rings. The number of anilines is 1. The molecule has 0 spiro atoms. The Bertz CT molecular complexity index is 842. The average Bonchev–Trinajstić information content (AvgIpc) is 2.83. The lowest BCUT2D eigenvalue weighted by atomic mass is 10.1. The lowest BCUT2D eigenvalue weighted by molar-refractivity contribution is 0.101. The second-order valence-corrected chi connectivity index (χ2v) is 7.38. The van der Waals surface area contributed by atoms with Gasteiger partial charge < -0.3 is 0 Å². The van der Waals surface area contributed by atoms with Gasteiger partial charge in [0, 0.05) is 11.6 Å². The summed E-state index contributed by atoms with van der Waals surface area (Å²) in [4.78, 5) is 11.7. The molecule has 0 aliphatic carbocycles. The second kappa shape index (κ2) is 5.25. The molecule has 2 aromatic carbocycles. The average molecular weight is 315 g/mol. The van der Waals surface area contributed by atoms with E-state index >= 15 is 0 Å². The molecule has 114 valence electrons. The molecule has 0 amide bonds. The number of ketones is 1. The Labute approximate surface area is 130 Å². The van der Waals surface area contributed by atoms with Crippen LogP contribution in [0.1, 0.15) is 29.8 Å². The van der Waals surface area contributed by atoms with Gasteiger partial charge in [0.25, 0.3) is 10.0 Å². The molecular weight excluding hydrogens is 298 g/mol. The number of benzene rings is 2. The molecule has 0 aromatic heterocycles. The minimum absolute atomic E-state index is 0.136. The number of nitrogens with zero attached hydrogens (tertiary/aromatic N) is 1. The molecule has 1 aliphatic heterocycles. The number of carbonyl (C=O) groups is 1. The van der Waals surface area contributed by atoms with Crippen LogP contribution in [-0.2, 0) is 16.4 Å². The maximum Gasteiger partial charge on any atom is 0.264 e. The first-order chi connectivity index (χ1) is 10.4. The Morgan fingerprint density at radius 1 is 1.14 bits per heavy atom. The first-order valence-corrected chi connectivity index (χ1v) is 8.58. The molecular formula is C17H17NO3S. The van der Waals surface area contributed by atoms with Crippen molar-refractivity contribution in [1.82, 2.24) is 0 Å². The zero-order valence-electron chi connectivity index (χ0n) is 12.5. The summed E-state index contributed by atoms with van der Waals surface area (Å²) in [5.41, 5.74) is 2.16. The van der Waals surface area contributed by atoms with E-state index in [2.05, 4.69) is 0 Å². The van der Waals surface area contributed by atoms with Crippen molar-refractivity contribution in [2.45, 2.75) is 31.2 Å². The third-order valence-electron chi connectivity index (χ3n) is 3.94. The molecule has 0 radical (unpaired) electrons. The van der Waals surface area contributed by atoms with Crippen LogP contribution in [0.2, 0.25) is 0 Å². The Morgan fingerprint density at radius 3 is 2.59 bits per heavy atom. The Morgan fingerprint density at radius 2 is 1.86 bits per heavy atom. The van der Waals surface area contributed by atoms with Gasteiger partial charge in [-0.3, -0.25) is 9.10 Å². The minimum Gasteiger partial charge on any atom is -0.295 e. The van der Waals surface area contributed by atoms with Crippen LogP contribution in [0.3, 0.4) is 0 Å². The summed E-state index contributed by atoms with van der Waals surface area (Å²) in [6.07, 6.45) is 0.696. The number of hydrogen-bond acceptors (Lipinski definition) is 3. The van der Waals surface area contributed by atoms with Crippen molar-refractivity contribution >= 4 is 21.5 Å². The molecule has 1 atom stereocenters. The highest BCUT2D eigenvalue weighted by Crippen LogP contribution is 2.36. The van der Waals surface area contributed by atoms with Gasteiger partial charge in [0.05, 0.1) is 10.6 Å². The molecule has 0 saturated carbocycles. The van der Waals surface area contributed by atoms with E-state index in [0.717, 1.165) is 11.3 Å². The molecule has 0 fully saturated rings. The summed E-state index contributed by atoms with van der Waals surface area (Å²) in [5, 5.41) is 0. The monoisotopic (exact) mass is 315 g/mol. The van der Waals surface area contributed by atoms with E-state index in [1.54, 1.807) is 12.1 Å². The summed E-state index contributed by atoms with van der Waals surface area (Å²) >= 11 is 0. The van der Waals surface area contributed by atoms with E-state index in [0.29, 0.717) is 12.0 Å². The molecule has 0 bridgehead atoms. The topological polar surface area (TPSA) is 54.5 Å². The first-order valence-electron chi connectivity index (χ1n) is 7.14. The zero-order valence-corrected chi connectivity index (χ0v) is 13.3. The predicted molar refractivity (Wildman–Crippen MR) is 85.7 cm³/mol. The van der Waals surface area contributed by atoms with Crippen LogP contribution in [0.4, 0.5) is 5.69 Å². The van der Waals surface area contributed by atoms with Gasteiger partial charge in [-0.1, -0.05) is 30.3 Å². The fraction of sp³-hybridized carbons (Fsp3) is 0.235. The largest absolute Gasteiger partial charge is 0.295 e. The SMILES string of the molecule is CC(=O)c1cccc(S(=O)(=O)N2c3ccccc3C[C@H]2C)c1. The highest BCUT2D eigenvalue weighted by Gasteiger charge is 2.35. The maximum atomic E-state index is 13.0. The zero-order chi connectivity index (χ0) is 15.9. The van der Waals surface area contributed by atoms with Crippen molar-refractivity contribution in [2.24, 2.45) is 0 Å². The molecule has 4 nitrogen and oxygen atoms in total. The third kappa shape index (κ3) is 2.31. The number of hydrogen-bond donors (Lipinski definition) is 0. The van der Waals surface area contributed by atoms with Crippen molar-refractivity contribution < 1.29 is 13.2 Å². The Balaban J connectivity index is 2.11. The van der Waals surface area contributed by atoms with E-state index in [1.807, 2.05) is 31.2 Å². The van der Waals surface area contributed by atoms with Gasteiger partial charge in [-0.25, -0.2) is 8.42 Å². The third-order valence-corrected chi connectivity index (χ3v) is 5.87. The van der Waals surface area contributed by atoms with Crippen molar-refractivity contribution in [1.29, 1.82) is 0 Å². The first kappa shape index (κ1) is 14.8. The highest BCUT2D eigenvalue weighted by atomic mass is 32.2. The smallest absolute Gasteiger partial charge is 0.264 e. The molecule has 0 N–H and O–H groups in total. The van der Waals surface area contributed by atoms with Crippen LogP contribution >= 0.6 is 0 Å². The summed E-state index contributed by atoms with van der Waals surface area (Å²) in [7, 11) is -3.68. The molecule has 5 heteroatoms. The second-order valence-electron chi connectivity index (χ2n) is 5.57. The number of para-hydroxylation sites is 1. The van der Waals surface area contributed by atoms with Gasteiger partial charge in [-0.2, -0.15) is 0 Å². The predicted octanol–water partition coefficient (Wildman–Crippen LogP) is 3.03. The fourth-order valence-electron chi connectivity index (χ4n) is 2.89. The molecule has 0 saturated heterocycles. The molecule has 22 heavy (non-hydrogen) atoms. The van der Waals surface area contributed by atoms with Gasteiger partial charge >= 0.3 is 0 Å². The van der Waals surface area contributed by atoms with Gasteiger partial charge in [0.2, 0.25) is 0 Å². The van der Waals surface area contributed by atoms with Crippen molar-refractivity contribution in [3.05, 3.63) is 59.7 Å². The van der Waals surface area contributed by atoms with Crippen LogP contribution in [0.5, 0.6) is 0 Å². The van der Waals surface area contributed by atoms with E-state index in [4.69, 9.17) is 0 Å². The van der Waals surface area contributed by atoms with Crippen molar-refractivity contribution in [3.8, 4) is 0 Å². The lowest BCUT2D eigenvalue weighted by Gasteiger charge is -2.24. The van der Waals surface area contributed by atoms with Crippen molar-refractivity contribution in [3.63, 3.8) is 0 Å². The summed E-state index contributed by atoms with van der Waals surface area (Å²) < 4.78 is 27.5. The minimum atomic E-state index is -3.68. The van der Waals surface area contributed by atoms with Crippen LogP contribution in [0.25, 0.3) is 0 Å². The van der Waals surface area contributed by atoms with Gasteiger partial charge in [-0.05, 0) is 44.0 Å². The van der Waals surface area contributed by atoms with E-state index < -0.39 is 10.0 Å². The summed E-state index contributed by atoms with van der Waals surface area (Å²) in [6.45, 7) is 3.33. The highest BCUT2D eigenvalue weighted by molar-refractivity contribution is 7.92. The van der Waals surface area contributed by atoms with E-state index in [1.165, 1.54) is 23.4 Å². The van der Waals surface area contributed by atoms with Crippen molar-refractivity contribution in [2.75, 3.05) is 4.31 Å². The number of sulfonamides is 1. The maximum absolute atomic E-state index is 13.0. The summed E-state index contributed by atoms with van der Waals surface area (Å²) in [6, 6.07) is 13.6. The molecule has 1 heterocycles. The van der Waals surface area contributed by atoms with Gasteiger partial charge in [0.15, 0.2) is 5.78 Å². The molecule has 3 rings (SSSR count). The number of Topliss-reactive ketones (excluding diaryl/α,β-unsaturated/α-hetero) is 1. The Kier molecular flexibility index (Phi) is 3.53.